The fourth-order valence-electron chi connectivity index (χ4n) is 1.77. The van der Waals surface area contributed by atoms with E-state index in [2.05, 4.69) is 11.9 Å². The highest BCUT2D eigenvalue weighted by molar-refractivity contribution is 6.16. The van der Waals surface area contributed by atoms with Gasteiger partial charge in [-0.1, -0.05) is 0 Å². The highest BCUT2D eigenvalue weighted by Crippen LogP contribution is 2.20. The Morgan fingerprint density at radius 2 is 2.38 bits per heavy atom. The molecule has 3 nitrogen and oxygen atoms in total. The SMILES string of the molecule is CC1CCC(COc2ccc(CCl)nc2)O1. The zero-order valence-corrected chi connectivity index (χ0v) is 10.1. The predicted octanol–water partition coefficient (Wildman–Crippen LogP) is 2.77. The summed E-state index contributed by atoms with van der Waals surface area (Å²) in [7, 11) is 0. The maximum atomic E-state index is 5.66. The summed E-state index contributed by atoms with van der Waals surface area (Å²) >= 11 is 5.65. The van der Waals surface area contributed by atoms with E-state index in [1.54, 1.807) is 6.20 Å². The van der Waals surface area contributed by atoms with Crippen molar-refractivity contribution in [1.82, 2.24) is 4.98 Å². The van der Waals surface area contributed by atoms with Gasteiger partial charge < -0.3 is 9.47 Å². The Labute approximate surface area is 101 Å². The summed E-state index contributed by atoms with van der Waals surface area (Å²) in [6.07, 6.45) is 4.50. The van der Waals surface area contributed by atoms with E-state index in [0.717, 1.165) is 24.3 Å². The van der Waals surface area contributed by atoms with Crippen LogP contribution in [0.25, 0.3) is 0 Å². The van der Waals surface area contributed by atoms with Gasteiger partial charge in [0.2, 0.25) is 0 Å². The molecule has 0 bridgehead atoms. The lowest BCUT2D eigenvalue weighted by molar-refractivity contribution is 0.0264. The summed E-state index contributed by atoms with van der Waals surface area (Å²) < 4.78 is 11.3. The van der Waals surface area contributed by atoms with Gasteiger partial charge in [-0.25, -0.2) is 0 Å². The molecule has 2 atom stereocenters. The van der Waals surface area contributed by atoms with Crippen molar-refractivity contribution in [3.8, 4) is 5.75 Å². The maximum Gasteiger partial charge on any atom is 0.137 e. The normalized spacial score (nSPS) is 24.6. The molecule has 16 heavy (non-hydrogen) atoms. The molecule has 1 aromatic heterocycles. The van der Waals surface area contributed by atoms with Gasteiger partial charge in [0.15, 0.2) is 0 Å². The van der Waals surface area contributed by atoms with Gasteiger partial charge in [-0.2, -0.15) is 0 Å². The molecule has 1 fully saturated rings. The average Bonchev–Trinajstić information content (AvgIpc) is 2.73. The molecular formula is C12H16ClNO2. The first-order valence-corrected chi connectivity index (χ1v) is 6.10. The molecule has 2 rings (SSSR count). The highest BCUT2D eigenvalue weighted by Gasteiger charge is 2.22. The van der Waals surface area contributed by atoms with Gasteiger partial charge in [-0.05, 0) is 31.9 Å². The van der Waals surface area contributed by atoms with Crippen LogP contribution < -0.4 is 4.74 Å². The predicted molar refractivity (Wildman–Crippen MR) is 62.9 cm³/mol. The van der Waals surface area contributed by atoms with Crippen molar-refractivity contribution < 1.29 is 9.47 Å². The first kappa shape index (κ1) is 11.7. The Morgan fingerprint density at radius 1 is 1.50 bits per heavy atom. The van der Waals surface area contributed by atoms with Crippen LogP contribution >= 0.6 is 11.6 Å². The van der Waals surface area contributed by atoms with Crippen molar-refractivity contribution in [1.29, 1.82) is 0 Å². The van der Waals surface area contributed by atoms with E-state index < -0.39 is 0 Å². The molecule has 2 unspecified atom stereocenters. The van der Waals surface area contributed by atoms with E-state index in [1.165, 1.54) is 0 Å². The number of halogens is 1. The molecule has 0 aromatic carbocycles. The second-order valence-electron chi connectivity index (χ2n) is 4.08. The zero-order chi connectivity index (χ0) is 11.4. The topological polar surface area (TPSA) is 31.4 Å². The first-order valence-electron chi connectivity index (χ1n) is 5.57. The molecule has 0 amide bonds. The number of hydrogen-bond donors (Lipinski definition) is 0. The molecule has 0 N–H and O–H groups in total. The number of ether oxygens (including phenoxy) is 2. The monoisotopic (exact) mass is 241 g/mol. The molecule has 0 aliphatic carbocycles. The van der Waals surface area contributed by atoms with Crippen LogP contribution in [-0.2, 0) is 10.6 Å². The van der Waals surface area contributed by atoms with Crippen molar-refractivity contribution in [3.63, 3.8) is 0 Å². The van der Waals surface area contributed by atoms with E-state index in [4.69, 9.17) is 21.1 Å². The van der Waals surface area contributed by atoms with Crippen LogP contribution in [0.3, 0.4) is 0 Å². The van der Waals surface area contributed by atoms with Gasteiger partial charge in [0, 0.05) is 0 Å². The quantitative estimate of drug-likeness (QED) is 0.760. The fraction of sp³-hybridized carbons (Fsp3) is 0.583. The Morgan fingerprint density at radius 3 is 2.94 bits per heavy atom. The van der Waals surface area contributed by atoms with E-state index in [1.807, 2.05) is 12.1 Å². The van der Waals surface area contributed by atoms with E-state index >= 15 is 0 Å². The summed E-state index contributed by atoms with van der Waals surface area (Å²) in [4.78, 5) is 4.16. The molecule has 4 heteroatoms. The van der Waals surface area contributed by atoms with Gasteiger partial charge in [0.25, 0.3) is 0 Å². The number of nitrogens with zero attached hydrogens (tertiary/aromatic N) is 1. The van der Waals surface area contributed by atoms with E-state index in [9.17, 15) is 0 Å². The molecule has 1 aliphatic heterocycles. The molecule has 1 saturated heterocycles. The second kappa shape index (κ2) is 5.51. The second-order valence-corrected chi connectivity index (χ2v) is 4.34. The number of pyridine rings is 1. The minimum atomic E-state index is 0.225. The molecule has 2 heterocycles. The van der Waals surface area contributed by atoms with Crippen LogP contribution in [-0.4, -0.2) is 23.8 Å². The number of aromatic nitrogens is 1. The highest BCUT2D eigenvalue weighted by atomic mass is 35.5. The first-order chi connectivity index (χ1) is 7.78. The summed E-state index contributed by atoms with van der Waals surface area (Å²) in [5.41, 5.74) is 0.861. The molecule has 88 valence electrons. The Bertz CT molecular complexity index is 328. The lowest BCUT2D eigenvalue weighted by Crippen LogP contribution is -2.17. The van der Waals surface area contributed by atoms with Crippen molar-refractivity contribution in [3.05, 3.63) is 24.0 Å². The Balaban J connectivity index is 1.80. The van der Waals surface area contributed by atoms with Crippen molar-refractivity contribution in [2.24, 2.45) is 0 Å². The number of hydrogen-bond acceptors (Lipinski definition) is 3. The molecule has 0 spiro atoms. The third kappa shape index (κ3) is 3.09. The third-order valence-corrected chi connectivity index (χ3v) is 2.96. The van der Waals surface area contributed by atoms with Gasteiger partial charge in [0.1, 0.15) is 12.4 Å². The smallest absolute Gasteiger partial charge is 0.137 e. The summed E-state index contributed by atoms with van der Waals surface area (Å²) in [6, 6.07) is 3.77. The summed E-state index contributed by atoms with van der Waals surface area (Å²) in [5.74, 6) is 1.21. The summed E-state index contributed by atoms with van der Waals surface area (Å²) in [6.45, 7) is 2.70. The number of rotatable bonds is 4. The summed E-state index contributed by atoms with van der Waals surface area (Å²) in [5, 5.41) is 0. The molecule has 1 aliphatic rings. The lowest BCUT2D eigenvalue weighted by atomic mass is 10.2. The maximum absolute atomic E-state index is 5.66. The minimum Gasteiger partial charge on any atom is -0.489 e. The van der Waals surface area contributed by atoms with Crippen LogP contribution in [0, 0.1) is 0 Å². The van der Waals surface area contributed by atoms with Crippen LogP contribution in [0.15, 0.2) is 18.3 Å². The van der Waals surface area contributed by atoms with Crippen LogP contribution in [0.2, 0.25) is 0 Å². The molecular weight excluding hydrogens is 226 g/mol. The van der Waals surface area contributed by atoms with Crippen LogP contribution in [0.4, 0.5) is 0 Å². The minimum absolute atomic E-state index is 0.225. The standard InChI is InChI=1S/C12H16ClNO2/c1-9-2-4-12(16-9)8-15-11-5-3-10(6-13)14-7-11/h3,5,7,9,12H,2,4,6,8H2,1H3. The Hall–Kier alpha value is -0.800. The average molecular weight is 242 g/mol. The molecule has 1 aromatic rings. The lowest BCUT2D eigenvalue weighted by Gasteiger charge is -2.12. The van der Waals surface area contributed by atoms with Gasteiger partial charge in [-0.3, -0.25) is 4.98 Å². The van der Waals surface area contributed by atoms with Crippen LogP contribution in [0.5, 0.6) is 5.75 Å². The van der Waals surface area contributed by atoms with Gasteiger partial charge in [-0.15, -0.1) is 11.6 Å². The van der Waals surface area contributed by atoms with Crippen LogP contribution in [0.1, 0.15) is 25.5 Å². The van der Waals surface area contributed by atoms with Crippen molar-refractivity contribution in [2.75, 3.05) is 6.61 Å². The van der Waals surface area contributed by atoms with Crippen molar-refractivity contribution in [2.45, 2.75) is 37.9 Å². The van der Waals surface area contributed by atoms with Crippen molar-refractivity contribution >= 4 is 11.6 Å². The number of alkyl halides is 1. The molecule has 0 radical (unpaired) electrons. The van der Waals surface area contributed by atoms with Gasteiger partial charge in [0.05, 0.1) is 30.0 Å². The third-order valence-electron chi connectivity index (χ3n) is 2.69. The van der Waals surface area contributed by atoms with Gasteiger partial charge >= 0.3 is 0 Å². The van der Waals surface area contributed by atoms with E-state index in [-0.39, 0.29) is 6.10 Å². The largest absolute Gasteiger partial charge is 0.489 e. The molecule has 0 saturated carbocycles. The Kier molecular flexibility index (Phi) is 4.02. The fourth-order valence-corrected chi connectivity index (χ4v) is 1.93. The zero-order valence-electron chi connectivity index (χ0n) is 9.36. The van der Waals surface area contributed by atoms with E-state index in [0.29, 0.717) is 18.6 Å².